The molecule has 1 aromatic rings. The van der Waals surface area contributed by atoms with Crippen molar-refractivity contribution >= 4 is 25.6 Å². The van der Waals surface area contributed by atoms with Crippen molar-refractivity contribution in [1.29, 1.82) is 0 Å². The summed E-state index contributed by atoms with van der Waals surface area (Å²) in [6.45, 7) is 1.75. The third-order valence-corrected chi connectivity index (χ3v) is 3.48. The van der Waals surface area contributed by atoms with Crippen molar-refractivity contribution in [3.63, 3.8) is 0 Å². The molecule has 0 saturated carbocycles. The Morgan fingerprint density at radius 3 is 2.40 bits per heavy atom. The lowest BCUT2D eigenvalue weighted by Gasteiger charge is -2.13. The van der Waals surface area contributed by atoms with Crippen LogP contribution in [-0.4, -0.2) is 31.1 Å². The van der Waals surface area contributed by atoms with Crippen LogP contribution in [0.4, 0.5) is 13.2 Å². The maximum Gasteiger partial charge on any atom is 0.406 e. The fourth-order valence-corrected chi connectivity index (χ4v) is 2.23. The Balaban J connectivity index is 3.26. The maximum atomic E-state index is 12.4. The van der Waals surface area contributed by atoms with Crippen LogP contribution in [0, 0.1) is 0 Å². The molecule has 0 aliphatic carbocycles. The Labute approximate surface area is 118 Å². The molecule has 5 nitrogen and oxygen atoms in total. The van der Waals surface area contributed by atoms with Crippen LogP contribution in [-0.2, 0) is 15.6 Å². The number of amides is 1. The molecule has 0 aliphatic rings. The van der Waals surface area contributed by atoms with E-state index < -0.39 is 38.3 Å². The molecule has 10 heteroatoms. The minimum Gasteiger partial charge on any atom is -0.349 e. The zero-order chi connectivity index (χ0) is 15.7. The fourth-order valence-electron chi connectivity index (χ4n) is 1.47. The highest BCUT2D eigenvalue weighted by Crippen LogP contribution is 2.23. The highest BCUT2D eigenvalue weighted by molar-refractivity contribution is 8.13. The third-order valence-electron chi connectivity index (χ3n) is 2.16. The largest absolute Gasteiger partial charge is 0.406 e. The van der Waals surface area contributed by atoms with E-state index in [0.29, 0.717) is 10.8 Å². The van der Waals surface area contributed by atoms with Gasteiger partial charge in [0, 0.05) is 22.9 Å². The molecule has 0 radical (unpaired) electrons. The SMILES string of the molecule is CC(C)NC(=O)c1cc(S(=O)(=O)Cl)cn1CC(F)(F)F. The minimum absolute atomic E-state index is 0.312. The molecule has 0 saturated heterocycles. The number of hydrogen-bond donors (Lipinski definition) is 1. The van der Waals surface area contributed by atoms with Gasteiger partial charge >= 0.3 is 6.18 Å². The van der Waals surface area contributed by atoms with Crippen molar-refractivity contribution in [1.82, 2.24) is 9.88 Å². The van der Waals surface area contributed by atoms with Crippen LogP contribution in [0.5, 0.6) is 0 Å². The first-order valence-electron chi connectivity index (χ1n) is 5.42. The summed E-state index contributed by atoms with van der Waals surface area (Å²) in [6, 6.07) is 0.499. The Bertz CT molecular complexity index is 608. The van der Waals surface area contributed by atoms with Crippen molar-refractivity contribution in [2.75, 3.05) is 0 Å². The van der Waals surface area contributed by atoms with Gasteiger partial charge in [-0.3, -0.25) is 4.79 Å². The minimum atomic E-state index is -4.60. The molecule has 1 heterocycles. The Kier molecular flexibility index (Phi) is 4.75. The lowest BCUT2D eigenvalue weighted by Crippen LogP contribution is -2.32. The predicted molar refractivity (Wildman–Crippen MR) is 66.1 cm³/mol. The van der Waals surface area contributed by atoms with Crippen LogP contribution in [0.1, 0.15) is 24.3 Å². The second-order valence-electron chi connectivity index (χ2n) is 4.37. The van der Waals surface area contributed by atoms with Gasteiger partial charge in [0.05, 0.1) is 0 Å². The number of carbonyl (C=O) groups is 1. The quantitative estimate of drug-likeness (QED) is 0.859. The molecule has 20 heavy (non-hydrogen) atoms. The zero-order valence-corrected chi connectivity index (χ0v) is 12.1. The van der Waals surface area contributed by atoms with Gasteiger partial charge in [-0.05, 0) is 19.9 Å². The molecular formula is C10H12ClF3N2O3S. The van der Waals surface area contributed by atoms with E-state index in [9.17, 15) is 26.4 Å². The van der Waals surface area contributed by atoms with Gasteiger partial charge in [-0.1, -0.05) is 0 Å². The number of nitrogens with zero attached hydrogens (tertiary/aromatic N) is 1. The second-order valence-corrected chi connectivity index (χ2v) is 6.94. The van der Waals surface area contributed by atoms with E-state index in [4.69, 9.17) is 10.7 Å². The number of nitrogens with one attached hydrogen (secondary N) is 1. The summed E-state index contributed by atoms with van der Waals surface area (Å²) < 4.78 is 60.1. The number of aromatic nitrogens is 1. The second kappa shape index (κ2) is 5.65. The number of halogens is 4. The molecule has 1 aromatic heterocycles. The van der Waals surface area contributed by atoms with Crippen molar-refractivity contribution in [2.24, 2.45) is 0 Å². The highest BCUT2D eigenvalue weighted by atomic mass is 35.7. The summed E-state index contributed by atoms with van der Waals surface area (Å²) in [5.41, 5.74) is -0.421. The summed E-state index contributed by atoms with van der Waals surface area (Å²) in [7, 11) is 0.853. The van der Waals surface area contributed by atoms with Crippen molar-refractivity contribution in [3.8, 4) is 0 Å². The van der Waals surface area contributed by atoms with E-state index in [1.807, 2.05) is 0 Å². The summed E-state index contributed by atoms with van der Waals surface area (Å²) in [5.74, 6) is -0.809. The molecule has 0 spiro atoms. The number of alkyl halides is 3. The van der Waals surface area contributed by atoms with Gasteiger partial charge in [-0.2, -0.15) is 13.2 Å². The summed E-state index contributed by atoms with van der Waals surface area (Å²) in [5, 5.41) is 2.38. The van der Waals surface area contributed by atoms with Gasteiger partial charge in [0.2, 0.25) is 0 Å². The first-order valence-corrected chi connectivity index (χ1v) is 7.73. The normalized spacial score (nSPS) is 12.8. The molecule has 1 rings (SSSR count). The third kappa shape index (κ3) is 4.71. The van der Waals surface area contributed by atoms with Crippen molar-refractivity contribution < 1.29 is 26.4 Å². The van der Waals surface area contributed by atoms with Crippen molar-refractivity contribution in [3.05, 3.63) is 18.0 Å². The fraction of sp³-hybridized carbons (Fsp3) is 0.500. The Morgan fingerprint density at radius 1 is 1.45 bits per heavy atom. The zero-order valence-electron chi connectivity index (χ0n) is 10.5. The summed E-state index contributed by atoms with van der Waals surface area (Å²) >= 11 is 0. The first-order chi connectivity index (χ1) is 8.90. The molecule has 0 unspecified atom stereocenters. The van der Waals surface area contributed by atoms with Crippen LogP contribution in [0.3, 0.4) is 0 Å². The summed E-state index contributed by atoms with van der Waals surface area (Å²) in [6.07, 6.45) is -3.91. The molecule has 0 bridgehead atoms. The Hall–Kier alpha value is -1.22. The lowest BCUT2D eigenvalue weighted by molar-refractivity contribution is -0.140. The van der Waals surface area contributed by atoms with Crippen molar-refractivity contribution in [2.45, 2.75) is 37.5 Å². The molecule has 114 valence electrons. The van der Waals surface area contributed by atoms with E-state index in [1.165, 1.54) is 0 Å². The Morgan fingerprint density at radius 2 is 2.00 bits per heavy atom. The maximum absolute atomic E-state index is 12.4. The van der Waals surface area contributed by atoms with Gasteiger partial charge in [0.1, 0.15) is 17.1 Å². The lowest BCUT2D eigenvalue weighted by atomic mass is 10.3. The molecule has 0 aliphatic heterocycles. The van der Waals surface area contributed by atoms with E-state index in [-0.39, 0.29) is 6.04 Å². The van der Waals surface area contributed by atoms with Gasteiger partial charge in [-0.25, -0.2) is 8.42 Å². The number of carbonyl (C=O) groups excluding carboxylic acids is 1. The van der Waals surface area contributed by atoms with Gasteiger partial charge < -0.3 is 9.88 Å². The highest BCUT2D eigenvalue weighted by Gasteiger charge is 2.31. The molecule has 0 fully saturated rings. The van der Waals surface area contributed by atoms with Crippen LogP contribution in [0.2, 0.25) is 0 Å². The van der Waals surface area contributed by atoms with E-state index >= 15 is 0 Å². The van der Waals surface area contributed by atoms with Crippen LogP contribution in [0.25, 0.3) is 0 Å². The molecular weight excluding hydrogens is 321 g/mol. The molecule has 0 aromatic carbocycles. The molecule has 1 N–H and O–H groups in total. The van der Waals surface area contributed by atoms with E-state index in [0.717, 1.165) is 6.07 Å². The van der Waals surface area contributed by atoms with Gasteiger partial charge in [0.25, 0.3) is 15.0 Å². The topological polar surface area (TPSA) is 68.2 Å². The van der Waals surface area contributed by atoms with Crippen LogP contribution in [0.15, 0.2) is 17.2 Å². The summed E-state index contributed by atoms with van der Waals surface area (Å²) in [4.78, 5) is 11.2. The van der Waals surface area contributed by atoms with Gasteiger partial charge in [-0.15, -0.1) is 0 Å². The van der Waals surface area contributed by atoms with Crippen LogP contribution >= 0.6 is 10.7 Å². The molecule has 0 atom stereocenters. The first kappa shape index (κ1) is 16.8. The van der Waals surface area contributed by atoms with E-state index in [1.54, 1.807) is 13.8 Å². The standard InChI is InChI=1S/C10H12ClF3N2O3S/c1-6(2)15-9(17)8-3-7(20(11,18)19)4-16(8)5-10(12,13)14/h3-4,6H,5H2,1-2H3,(H,15,17). The number of hydrogen-bond acceptors (Lipinski definition) is 3. The average Bonchev–Trinajstić information content (AvgIpc) is 2.56. The van der Waals surface area contributed by atoms with Crippen LogP contribution < -0.4 is 5.32 Å². The predicted octanol–water partition coefficient (Wildman–Crippen LogP) is 2.12. The van der Waals surface area contributed by atoms with E-state index in [2.05, 4.69) is 5.32 Å². The van der Waals surface area contributed by atoms with Gasteiger partial charge in [0.15, 0.2) is 0 Å². The average molecular weight is 333 g/mol. The molecule has 1 amide bonds. The number of rotatable bonds is 4. The monoisotopic (exact) mass is 332 g/mol. The smallest absolute Gasteiger partial charge is 0.349 e.